The van der Waals surface area contributed by atoms with E-state index in [4.69, 9.17) is 5.84 Å². The van der Waals surface area contributed by atoms with Crippen molar-refractivity contribution < 1.29 is 8.78 Å². The minimum absolute atomic E-state index is 0.246. The van der Waals surface area contributed by atoms with Crippen molar-refractivity contribution in [1.82, 2.24) is 5.43 Å². The molecule has 3 N–H and O–H groups in total. The van der Waals surface area contributed by atoms with Gasteiger partial charge in [0.25, 0.3) is 0 Å². The van der Waals surface area contributed by atoms with Crippen LogP contribution in [0.2, 0.25) is 0 Å². The van der Waals surface area contributed by atoms with Gasteiger partial charge in [-0.15, -0.1) is 0 Å². The minimum Gasteiger partial charge on any atom is -0.271 e. The van der Waals surface area contributed by atoms with Crippen LogP contribution in [0.25, 0.3) is 0 Å². The number of nitrogens with two attached hydrogens (primary N) is 1. The van der Waals surface area contributed by atoms with Crippen molar-refractivity contribution in [2.24, 2.45) is 11.3 Å². The first-order valence-corrected chi connectivity index (χ1v) is 6.66. The van der Waals surface area contributed by atoms with E-state index in [-0.39, 0.29) is 11.5 Å². The molecule has 0 aliphatic heterocycles. The Bertz CT molecular complexity index is 425. The lowest BCUT2D eigenvalue weighted by Gasteiger charge is -2.21. The van der Waals surface area contributed by atoms with E-state index in [1.54, 1.807) is 6.92 Å². The van der Waals surface area contributed by atoms with Crippen LogP contribution < -0.4 is 11.3 Å². The van der Waals surface area contributed by atoms with Crippen molar-refractivity contribution in [3.8, 4) is 0 Å². The van der Waals surface area contributed by atoms with Crippen molar-refractivity contribution in [3.05, 3.63) is 34.9 Å². The number of hydrazine groups is 1. The lowest BCUT2D eigenvalue weighted by Crippen LogP contribution is -2.29. The van der Waals surface area contributed by atoms with Gasteiger partial charge in [-0.3, -0.25) is 11.3 Å². The largest absolute Gasteiger partial charge is 0.271 e. The first-order valence-electron chi connectivity index (χ1n) is 6.66. The van der Waals surface area contributed by atoms with E-state index >= 15 is 0 Å². The fraction of sp³-hybridized carbons (Fsp3) is 0.600. The van der Waals surface area contributed by atoms with E-state index in [9.17, 15) is 8.78 Å². The predicted molar refractivity (Wildman–Crippen MR) is 74.5 cm³/mol. The molecule has 1 unspecified atom stereocenters. The maximum atomic E-state index is 13.8. The lowest BCUT2D eigenvalue weighted by molar-refractivity contribution is 0.342. The molecule has 0 amide bonds. The second kappa shape index (κ2) is 6.44. The fourth-order valence-electron chi connectivity index (χ4n) is 2.11. The van der Waals surface area contributed by atoms with Gasteiger partial charge in [0.1, 0.15) is 11.6 Å². The molecule has 0 saturated heterocycles. The van der Waals surface area contributed by atoms with Gasteiger partial charge in [-0.1, -0.05) is 27.2 Å². The highest BCUT2D eigenvalue weighted by atomic mass is 19.1. The summed E-state index contributed by atoms with van der Waals surface area (Å²) in [5, 5.41) is 0. The SMILES string of the molecule is Cc1cc(C(CCCC(C)(C)C)NN)c(F)cc1F. The van der Waals surface area contributed by atoms with Crippen LogP contribution in [-0.2, 0) is 0 Å². The van der Waals surface area contributed by atoms with Gasteiger partial charge in [0.2, 0.25) is 0 Å². The Morgan fingerprint density at radius 1 is 1.21 bits per heavy atom. The molecule has 1 aromatic rings. The molecule has 0 aliphatic carbocycles. The monoisotopic (exact) mass is 270 g/mol. The Hall–Kier alpha value is -1.00. The van der Waals surface area contributed by atoms with Crippen LogP contribution in [-0.4, -0.2) is 0 Å². The molecule has 0 aliphatic rings. The molecule has 4 heteroatoms. The van der Waals surface area contributed by atoms with Gasteiger partial charge >= 0.3 is 0 Å². The number of halogens is 2. The maximum Gasteiger partial charge on any atom is 0.130 e. The van der Waals surface area contributed by atoms with E-state index in [1.807, 2.05) is 0 Å². The molecule has 0 fully saturated rings. The number of nitrogens with one attached hydrogen (secondary N) is 1. The lowest BCUT2D eigenvalue weighted by atomic mass is 9.88. The molecule has 0 aromatic heterocycles. The van der Waals surface area contributed by atoms with E-state index in [0.717, 1.165) is 25.3 Å². The van der Waals surface area contributed by atoms with E-state index < -0.39 is 11.6 Å². The summed E-state index contributed by atoms with van der Waals surface area (Å²) in [4.78, 5) is 0. The third-order valence-corrected chi connectivity index (χ3v) is 3.27. The van der Waals surface area contributed by atoms with Crippen molar-refractivity contribution >= 4 is 0 Å². The molecule has 1 aromatic carbocycles. The van der Waals surface area contributed by atoms with Gasteiger partial charge in [-0.2, -0.15) is 0 Å². The molecule has 0 spiro atoms. The molecule has 0 saturated carbocycles. The molecule has 0 radical (unpaired) electrons. The van der Waals surface area contributed by atoms with Crippen LogP contribution in [0.5, 0.6) is 0 Å². The van der Waals surface area contributed by atoms with Crippen LogP contribution in [0.1, 0.15) is 57.2 Å². The predicted octanol–water partition coefficient (Wildman–Crippen LogP) is 3.99. The Morgan fingerprint density at radius 2 is 1.84 bits per heavy atom. The highest BCUT2D eigenvalue weighted by Gasteiger charge is 2.18. The second-order valence-corrected chi connectivity index (χ2v) is 6.30. The average Bonchev–Trinajstić information content (AvgIpc) is 2.29. The Morgan fingerprint density at radius 3 is 2.37 bits per heavy atom. The average molecular weight is 270 g/mol. The van der Waals surface area contributed by atoms with Crippen LogP contribution >= 0.6 is 0 Å². The summed E-state index contributed by atoms with van der Waals surface area (Å²) in [5.41, 5.74) is 3.75. The normalized spacial score (nSPS) is 13.6. The standard InChI is InChI=1S/C15H24F2N2/c1-10-8-11(13(17)9-12(10)16)14(19-18)6-5-7-15(2,3)4/h8-9,14,19H,5-7,18H2,1-4H3. The highest BCUT2D eigenvalue weighted by Crippen LogP contribution is 2.28. The molecule has 1 atom stereocenters. The zero-order valence-electron chi connectivity index (χ0n) is 12.2. The van der Waals surface area contributed by atoms with Crippen molar-refractivity contribution in [2.45, 2.75) is 53.0 Å². The number of aryl methyl sites for hydroxylation is 1. The molecular weight excluding hydrogens is 246 g/mol. The van der Waals surface area contributed by atoms with Gasteiger partial charge in [-0.05, 0) is 36.8 Å². The quantitative estimate of drug-likeness (QED) is 0.627. The Balaban J connectivity index is 2.77. The van der Waals surface area contributed by atoms with Gasteiger partial charge in [0.15, 0.2) is 0 Å². The van der Waals surface area contributed by atoms with E-state index in [0.29, 0.717) is 11.1 Å². The van der Waals surface area contributed by atoms with Crippen molar-refractivity contribution in [1.29, 1.82) is 0 Å². The topological polar surface area (TPSA) is 38.0 Å². The first-order chi connectivity index (χ1) is 8.74. The summed E-state index contributed by atoms with van der Waals surface area (Å²) >= 11 is 0. The number of rotatable bonds is 5. The van der Waals surface area contributed by atoms with E-state index in [2.05, 4.69) is 26.2 Å². The zero-order chi connectivity index (χ0) is 14.6. The van der Waals surface area contributed by atoms with Crippen LogP contribution in [0.15, 0.2) is 12.1 Å². The molecule has 0 bridgehead atoms. The van der Waals surface area contributed by atoms with Crippen molar-refractivity contribution in [3.63, 3.8) is 0 Å². The summed E-state index contributed by atoms with van der Waals surface area (Å²) in [6, 6.07) is 2.19. The van der Waals surface area contributed by atoms with Gasteiger partial charge in [0, 0.05) is 17.7 Å². The fourth-order valence-corrected chi connectivity index (χ4v) is 2.11. The molecular formula is C15H24F2N2. The van der Waals surface area contributed by atoms with Crippen LogP contribution in [0.3, 0.4) is 0 Å². The summed E-state index contributed by atoms with van der Waals surface area (Å²) in [6.45, 7) is 8.13. The summed E-state index contributed by atoms with van der Waals surface area (Å²) in [5.74, 6) is 4.44. The van der Waals surface area contributed by atoms with Gasteiger partial charge in [0.05, 0.1) is 0 Å². The third kappa shape index (κ3) is 4.88. The molecule has 19 heavy (non-hydrogen) atoms. The summed E-state index contributed by atoms with van der Waals surface area (Å²) < 4.78 is 27.0. The minimum atomic E-state index is -0.540. The Kier molecular flexibility index (Phi) is 5.44. The summed E-state index contributed by atoms with van der Waals surface area (Å²) in [6.07, 6.45) is 2.71. The molecule has 2 nitrogen and oxygen atoms in total. The molecule has 0 heterocycles. The first kappa shape index (κ1) is 16.1. The molecule has 1 rings (SSSR count). The zero-order valence-corrected chi connectivity index (χ0v) is 12.2. The van der Waals surface area contributed by atoms with Gasteiger partial charge < -0.3 is 0 Å². The number of hydrogen-bond donors (Lipinski definition) is 2. The summed E-state index contributed by atoms with van der Waals surface area (Å²) in [7, 11) is 0. The maximum absolute atomic E-state index is 13.8. The third-order valence-electron chi connectivity index (χ3n) is 3.27. The molecule has 108 valence electrons. The Labute approximate surface area is 114 Å². The number of benzene rings is 1. The van der Waals surface area contributed by atoms with Crippen LogP contribution in [0.4, 0.5) is 8.78 Å². The van der Waals surface area contributed by atoms with Crippen LogP contribution in [0, 0.1) is 24.0 Å². The highest BCUT2D eigenvalue weighted by molar-refractivity contribution is 5.28. The smallest absolute Gasteiger partial charge is 0.130 e. The number of hydrogen-bond acceptors (Lipinski definition) is 2. The van der Waals surface area contributed by atoms with E-state index in [1.165, 1.54) is 6.07 Å². The second-order valence-electron chi connectivity index (χ2n) is 6.30. The van der Waals surface area contributed by atoms with Crippen molar-refractivity contribution in [2.75, 3.05) is 0 Å². The van der Waals surface area contributed by atoms with Gasteiger partial charge in [-0.25, -0.2) is 8.78 Å².